The highest BCUT2D eigenvalue weighted by molar-refractivity contribution is 7.90. The van der Waals surface area contributed by atoms with Gasteiger partial charge in [-0.25, -0.2) is 13.4 Å². The maximum atomic E-state index is 12.4. The molecular weight excluding hydrogens is 344 g/mol. The van der Waals surface area contributed by atoms with E-state index in [1.807, 2.05) is 26.0 Å². The highest BCUT2D eigenvalue weighted by Gasteiger charge is 2.14. The lowest BCUT2D eigenvalue weighted by molar-refractivity contribution is 0.102. The molecular formula is C17H16N2O3S2. The Morgan fingerprint density at radius 2 is 1.88 bits per heavy atom. The lowest BCUT2D eigenvalue weighted by Gasteiger charge is -2.06. The van der Waals surface area contributed by atoms with E-state index in [1.54, 1.807) is 18.2 Å². The molecule has 0 saturated heterocycles. The summed E-state index contributed by atoms with van der Waals surface area (Å²) in [7, 11) is -3.27. The number of benzene rings is 2. The molecule has 124 valence electrons. The number of nitrogens with zero attached hydrogens (tertiary/aromatic N) is 1. The number of carbonyl (C=O) groups excluding carboxylic acids is 1. The number of hydrogen-bond acceptors (Lipinski definition) is 5. The van der Waals surface area contributed by atoms with Gasteiger partial charge in [0.05, 0.1) is 15.1 Å². The average molecular weight is 360 g/mol. The number of sulfone groups is 1. The molecule has 1 heterocycles. The predicted octanol–water partition coefficient (Wildman–Crippen LogP) is 3.57. The quantitative estimate of drug-likeness (QED) is 0.775. The SMILES string of the molecule is Cc1ccc(C(=O)Nc2nc3ccc(S(C)(=O)=O)cc3s2)c(C)c1. The van der Waals surface area contributed by atoms with Gasteiger partial charge in [0.1, 0.15) is 0 Å². The van der Waals surface area contributed by atoms with Crippen molar-refractivity contribution in [2.45, 2.75) is 18.7 Å². The van der Waals surface area contributed by atoms with Gasteiger partial charge in [0.2, 0.25) is 0 Å². The van der Waals surface area contributed by atoms with Gasteiger partial charge < -0.3 is 0 Å². The highest BCUT2D eigenvalue weighted by Crippen LogP contribution is 2.28. The molecule has 0 atom stereocenters. The number of fused-ring (bicyclic) bond motifs is 1. The Balaban J connectivity index is 1.91. The minimum atomic E-state index is -3.27. The van der Waals surface area contributed by atoms with Crippen molar-refractivity contribution < 1.29 is 13.2 Å². The summed E-state index contributed by atoms with van der Waals surface area (Å²) in [5.41, 5.74) is 3.24. The Morgan fingerprint density at radius 1 is 1.12 bits per heavy atom. The van der Waals surface area contributed by atoms with Crippen LogP contribution >= 0.6 is 11.3 Å². The summed E-state index contributed by atoms with van der Waals surface area (Å²) < 4.78 is 24.0. The Bertz CT molecular complexity index is 1050. The van der Waals surface area contributed by atoms with Gasteiger partial charge >= 0.3 is 0 Å². The lowest BCUT2D eigenvalue weighted by atomic mass is 10.1. The molecule has 0 fully saturated rings. The van der Waals surface area contributed by atoms with E-state index in [1.165, 1.54) is 17.4 Å². The zero-order chi connectivity index (χ0) is 17.5. The molecule has 3 rings (SSSR count). The summed E-state index contributed by atoms with van der Waals surface area (Å²) in [4.78, 5) is 17.0. The third-order valence-corrected chi connectivity index (χ3v) is 5.68. The molecule has 0 radical (unpaired) electrons. The van der Waals surface area contributed by atoms with Crippen molar-refractivity contribution in [3.63, 3.8) is 0 Å². The van der Waals surface area contributed by atoms with Crippen LogP contribution in [0.15, 0.2) is 41.3 Å². The molecule has 0 aliphatic rings. The van der Waals surface area contributed by atoms with Gasteiger partial charge in [-0.3, -0.25) is 10.1 Å². The monoisotopic (exact) mass is 360 g/mol. The van der Waals surface area contributed by atoms with Gasteiger partial charge in [-0.05, 0) is 43.7 Å². The molecule has 0 bridgehead atoms. The van der Waals surface area contributed by atoms with Crippen molar-refractivity contribution in [1.82, 2.24) is 4.98 Å². The van der Waals surface area contributed by atoms with Crippen LogP contribution in [0.5, 0.6) is 0 Å². The van der Waals surface area contributed by atoms with E-state index < -0.39 is 9.84 Å². The summed E-state index contributed by atoms with van der Waals surface area (Å²) in [6.45, 7) is 3.86. The predicted molar refractivity (Wildman–Crippen MR) is 96.6 cm³/mol. The van der Waals surface area contributed by atoms with Crippen LogP contribution in [0.25, 0.3) is 10.2 Å². The number of hydrogen-bond donors (Lipinski definition) is 1. The second-order valence-corrected chi connectivity index (χ2v) is 8.74. The normalized spacial score (nSPS) is 11.6. The Morgan fingerprint density at radius 3 is 2.54 bits per heavy atom. The van der Waals surface area contributed by atoms with Crippen LogP contribution in [0, 0.1) is 13.8 Å². The molecule has 7 heteroatoms. The van der Waals surface area contributed by atoms with Crippen LogP contribution in [-0.4, -0.2) is 25.6 Å². The molecule has 0 aliphatic heterocycles. The minimum Gasteiger partial charge on any atom is -0.298 e. The van der Waals surface area contributed by atoms with E-state index in [0.717, 1.165) is 17.4 Å². The first-order valence-corrected chi connectivity index (χ1v) is 9.94. The zero-order valence-corrected chi connectivity index (χ0v) is 15.1. The number of thiazole rings is 1. The molecule has 24 heavy (non-hydrogen) atoms. The van der Waals surface area contributed by atoms with Crippen LogP contribution in [-0.2, 0) is 9.84 Å². The number of anilines is 1. The fourth-order valence-corrected chi connectivity index (χ4v) is 4.04. The fourth-order valence-electron chi connectivity index (χ4n) is 2.42. The lowest BCUT2D eigenvalue weighted by Crippen LogP contribution is -2.13. The number of nitrogens with one attached hydrogen (secondary N) is 1. The number of aryl methyl sites for hydroxylation is 2. The summed E-state index contributed by atoms with van der Waals surface area (Å²) >= 11 is 1.25. The molecule has 1 aromatic heterocycles. The fraction of sp³-hybridized carbons (Fsp3) is 0.176. The Kier molecular flexibility index (Phi) is 4.15. The summed E-state index contributed by atoms with van der Waals surface area (Å²) in [6, 6.07) is 10.4. The minimum absolute atomic E-state index is 0.227. The van der Waals surface area contributed by atoms with E-state index in [4.69, 9.17) is 0 Å². The van der Waals surface area contributed by atoms with Crippen molar-refractivity contribution >= 4 is 42.4 Å². The second-order valence-electron chi connectivity index (χ2n) is 5.69. The van der Waals surface area contributed by atoms with Gasteiger partial charge in [-0.2, -0.15) is 0 Å². The van der Waals surface area contributed by atoms with Crippen LogP contribution in [0.3, 0.4) is 0 Å². The summed E-state index contributed by atoms with van der Waals surface area (Å²) in [5, 5.41) is 3.23. The molecule has 0 saturated carbocycles. The maximum Gasteiger partial charge on any atom is 0.257 e. The Hall–Kier alpha value is -2.25. The molecule has 3 aromatic rings. The molecule has 0 aliphatic carbocycles. The third-order valence-electron chi connectivity index (χ3n) is 3.64. The first kappa shape index (κ1) is 16.6. The van der Waals surface area contributed by atoms with E-state index in [-0.39, 0.29) is 10.8 Å². The van der Waals surface area contributed by atoms with Crippen molar-refractivity contribution in [2.24, 2.45) is 0 Å². The Labute approximate surface area is 144 Å². The van der Waals surface area contributed by atoms with Gasteiger partial charge in [-0.15, -0.1) is 0 Å². The zero-order valence-electron chi connectivity index (χ0n) is 13.5. The van der Waals surface area contributed by atoms with E-state index in [2.05, 4.69) is 10.3 Å². The molecule has 5 nitrogen and oxygen atoms in total. The van der Waals surface area contributed by atoms with E-state index in [0.29, 0.717) is 20.9 Å². The molecule has 2 aromatic carbocycles. The topological polar surface area (TPSA) is 76.1 Å². The van der Waals surface area contributed by atoms with Gasteiger partial charge in [-0.1, -0.05) is 29.0 Å². The molecule has 1 N–H and O–H groups in total. The highest BCUT2D eigenvalue weighted by atomic mass is 32.2. The van der Waals surface area contributed by atoms with Crippen LogP contribution < -0.4 is 5.32 Å². The largest absolute Gasteiger partial charge is 0.298 e. The summed E-state index contributed by atoms with van der Waals surface area (Å²) in [5.74, 6) is -0.227. The summed E-state index contributed by atoms with van der Waals surface area (Å²) in [6.07, 6.45) is 1.16. The molecule has 0 spiro atoms. The van der Waals surface area contributed by atoms with Crippen LogP contribution in [0.2, 0.25) is 0 Å². The average Bonchev–Trinajstić information content (AvgIpc) is 2.87. The first-order valence-electron chi connectivity index (χ1n) is 7.23. The maximum absolute atomic E-state index is 12.4. The van der Waals surface area contributed by atoms with Gasteiger partial charge in [0.25, 0.3) is 5.91 Å². The van der Waals surface area contributed by atoms with Crippen molar-refractivity contribution in [2.75, 3.05) is 11.6 Å². The third kappa shape index (κ3) is 3.32. The van der Waals surface area contributed by atoms with Gasteiger partial charge in [0, 0.05) is 11.8 Å². The molecule has 0 unspecified atom stereocenters. The van der Waals surface area contributed by atoms with Crippen LogP contribution in [0.4, 0.5) is 5.13 Å². The second kappa shape index (κ2) is 5.99. The van der Waals surface area contributed by atoms with Crippen molar-refractivity contribution in [3.8, 4) is 0 Å². The number of rotatable bonds is 3. The van der Waals surface area contributed by atoms with Crippen LogP contribution in [0.1, 0.15) is 21.5 Å². The smallest absolute Gasteiger partial charge is 0.257 e. The van der Waals surface area contributed by atoms with E-state index >= 15 is 0 Å². The number of carbonyl (C=O) groups is 1. The van der Waals surface area contributed by atoms with Crippen molar-refractivity contribution in [1.29, 1.82) is 0 Å². The van der Waals surface area contributed by atoms with Crippen molar-refractivity contribution in [3.05, 3.63) is 53.1 Å². The first-order chi connectivity index (χ1) is 11.2. The molecule has 1 amide bonds. The van der Waals surface area contributed by atoms with Gasteiger partial charge in [0.15, 0.2) is 15.0 Å². The number of aromatic nitrogens is 1. The number of amides is 1. The standard InChI is InChI=1S/C17H16N2O3S2/c1-10-4-6-13(11(2)8-10)16(20)19-17-18-14-7-5-12(24(3,21)22)9-15(14)23-17/h4-9H,1-3H3,(H,18,19,20). The van der Waals surface area contributed by atoms with E-state index in [9.17, 15) is 13.2 Å².